The van der Waals surface area contributed by atoms with Gasteiger partial charge in [-0.1, -0.05) is 6.92 Å². The van der Waals surface area contributed by atoms with E-state index in [4.69, 9.17) is 4.74 Å². The van der Waals surface area contributed by atoms with Gasteiger partial charge in [0.1, 0.15) is 5.60 Å². The molecule has 1 amide bonds. The zero-order chi connectivity index (χ0) is 16.2. The van der Waals surface area contributed by atoms with Gasteiger partial charge in [0, 0.05) is 23.5 Å². The van der Waals surface area contributed by atoms with Crippen molar-refractivity contribution >= 4 is 17.4 Å². The molecule has 0 saturated heterocycles. The van der Waals surface area contributed by atoms with E-state index in [1.54, 1.807) is 0 Å². The highest BCUT2D eigenvalue weighted by Gasteiger charge is 2.27. The van der Waals surface area contributed by atoms with E-state index in [1.807, 2.05) is 32.1 Å². The first-order valence-electron chi connectivity index (χ1n) is 8.15. The molecule has 0 spiro atoms. The van der Waals surface area contributed by atoms with Gasteiger partial charge in [-0.2, -0.15) is 0 Å². The summed E-state index contributed by atoms with van der Waals surface area (Å²) in [6, 6.07) is 2.91. The fourth-order valence-electron chi connectivity index (χ4n) is 2.85. The maximum Gasteiger partial charge on any atom is 0.407 e. The number of amides is 1. The number of alkyl carbamates (subject to hydrolysis) is 1. The first-order valence-corrected chi connectivity index (χ1v) is 9.03. The fourth-order valence-corrected chi connectivity index (χ4v) is 3.77. The van der Waals surface area contributed by atoms with E-state index in [0.29, 0.717) is 6.04 Å². The monoisotopic (exact) mass is 324 g/mol. The summed E-state index contributed by atoms with van der Waals surface area (Å²) in [5.41, 5.74) is 1.01. The molecular weight excluding hydrogens is 296 g/mol. The normalized spacial score (nSPS) is 21.8. The van der Waals surface area contributed by atoms with Crippen molar-refractivity contribution in [1.29, 1.82) is 0 Å². The van der Waals surface area contributed by atoms with Crippen molar-refractivity contribution in [2.45, 2.75) is 77.6 Å². The van der Waals surface area contributed by atoms with Crippen LogP contribution in [0.15, 0.2) is 11.4 Å². The van der Waals surface area contributed by atoms with E-state index in [1.165, 1.54) is 10.4 Å². The minimum atomic E-state index is -0.434. The van der Waals surface area contributed by atoms with Crippen LogP contribution in [0.25, 0.3) is 0 Å². The van der Waals surface area contributed by atoms with Crippen LogP contribution >= 0.6 is 11.3 Å². The van der Waals surface area contributed by atoms with Gasteiger partial charge in [-0.05, 0) is 63.5 Å². The molecule has 0 radical (unpaired) electrons. The Balaban J connectivity index is 1.73. The molecule has 1 saturated carbocycles. The lowest BCUT2D eigenvalue weighted by Crippen LogP contribution is -2.38. The molecule has 2 N–H and O–H groups in total. The molecule has 1 aromatic heterocycles. The van der Waals surface area contributed by atoms with Gasteiger partial charge in [-0.25, -0.2) is 4.79 Å². The van der Waals surface area contributed by atoms with Crippen molar-refractivity contribution in [3.8, 4) is 0 Å². The van der Waals surface area contributed by atoms with Crippen molar-refractivity contribution in [3.63, 3.8) is 0 Å². The number of carbonyl (C=O) groups excluding carboxylic acids is 1. The third kappa shape index (κ3) is 5.29. The minimum absolute atomic E-state index is 0.223. The van der Waals surface area contributed by atoms with E-state index in [0.717, 1.165) is 32.2 Å². The second-order valence-corrected chi connectivity index (χ2v) is 7.96. The highest BCUT2D eigenvalue weighted by molar-refractivity contribution is 7.10. The van der Waals surface area contributed by atoms with Gasteiger partial charge >= 0.3 is 6.09 Å². The summed E-state index contributed by atoms with van der Waals surface area (Å²) in [6.07, 6.45) is 3.89. The van der Waals surface area contributed by atoms with Crippen molar-refractivity contribution < 1.29 is 9.53 Å². The summed E-state index contributed by atoms with van der Waals surface area (Å²) < 4.78 is 5.32. The second kappa shape index (κ2) is 7.47. The third-order valence-electron chi connectivity index (χ3n) is 3.92. The predicted octanol–water partition coefficient (Wildman–Crippen LogP) is 3.85. The Bertz CT molecular complexity index is 493. The average molecular weight is 324 g/mol. The van der Waals surface area contributed by atoms with E-state index in [2.05, 4.69) is 29.0 Å². The Morgan fingerprint density at radius 3 is 2.77 bits per heavy atom. The van der Waals surface area contributed by atoms with Crippen molar-refractivity contribution in [1.82, 2.24) is 10.6 Å². The molecule has 1 aliphatic rings. The van der Waals surface area contributed by atoms with Crippen molar-refractivity contribution in [3.05, 3.63) is 21.9 Å². The maximum atomic E-state index is 11.8. The summed E-state index contributed by atoms with van der Waals surface area (Å²) in [4.78, 5) is 13.2. The highest BCUT2D eigenvalue weighted by atomic mass is 32.1. The molecule has 2 rings (SSSR count). The van der Waals surface area contributed by atoms with Gasteiger partial charge < -0.3 is 15.4 Å². The minimum Gasteiger partial charge on any atom is -0.444 e. The average Bonchev–Trinajstić information content (AvgIpc) is 3.02. The lowest BCUT2D eigenvalue weighted by molar-refractivity contribution is 0.0505. The van der Waals surface area contributed by atoms with E-state index in [-0.39, 0.29) is 12.1 Å². The molecule has 0 aliphatic heterocycles. The van der Waals surface area contributed by atoms with Crippen LogP contribution in [0, 0.1) is 0 Å². The van der Waals surface area contributed by atoms with Crippen LogP contribution < -0.4 is 10.6 Å². The third-order valence-corrected chi connectivity index (χ3v) is 4.89. The molecule has 0 aromatic carbocycles. The summed E-state index contributed by atoms with van der Waals surface area (Å²) in [5.74, 6) is 0. The number of carbonyl (C=O) groups is 1. The lowest BCUT2D eigenvalue weighted by Gasteiger charge is -2.21. The summed E-state index contributed by atoms with van der Waals surface area (Å²) >= 11 is 1.82. The Hall–Kier alpha value is -1.07. The molecule has 1 heterocycles. The van der Waals surface area contributed by atoms with Crippen LogP contribution in [-0.4, -0.2) is 23.8 Å². The van der Waals surface area contributed by atoms with Crippen molar-refractivity contribution in [2.75, 3.05) is 0 Å². The molecule has 1 aliphatic carbocycles. The smallest absolute Gasteiger partial charge is 0.407 e. The van der Waals surface area contributed by atoms with E-state index < -0.39 is 5.60 Å². The van der Waals surface area contributed by atoms with Gasteiger partial charge in [-0.3, -0.25) is 0 Å². The van der Waals surface area contributed by atoms with E-state index >= 15 is 0 Å². The van der Waals surface area contributed by atoms with Crippen LogP contribution in [0.1, 0.15) is 57.4 Å². The zero-order valence-electron chi connectivity index (χ0n) is 14.1. The van der Waals surface area contributed by atoms with Gasteiger partial charge in [0.2, 0.25) is 0 Å². The Morgan fingerprint density at radius 2 is 2.09 bits per heavy atom. The first kappa shape index (κ1) is 17.3. The molecule has 1 aromatic rings. The second-order valence-electron chi connectivity index (χ2n) is 6.96. The number of hydrogen-bond donors (Lipinski definition) is 2. The summed E-state index contributed by atoms with van der Waals surface area (Å²) in [7, 11) is 0. The van der Waals surface area contributed by atoms with Crippen LogP contribution in [0.3, 0.4) is 0 Å². The predicted molar refractivity (Wildman–Crippen MR) is 91.3 cm³/mol. The van der Waals surface area contributed by atoms with Crippen LogP contribution in [0.2, 0.25) is 0 Å². The first-order chi connectivity index (χ1) is 10.4. The fraction of sp³-hybridized carbons (Fsp3) is 0.706. The molecule has 2 unspecified atom stereocenters. The topological polar surface area (TPSA) is 50.4 Å². The molecule has 5 heteroatoms. The quantitative estimate of drug-likeness (QED) is 0.865. The maximum absolute atomic E-state index is 11.8. The molecule has 124 valence electrons. The molecule has 0 bridgehead atoms. The SMILES string of the molecule is CCc1ccsc1CNC1CCC(NC(=O)OC(C)(C)C)C1. The van der Waals surface area contributed by atoms with Gasteiger partial charge in [-0.15, -0.1) is 11.3 Å². The number of thiophene rings is 1. The summed E-state index contributed by atoms with van der Waals surface area (Å²) in [5, 5.41) is 8.78. The molecule has 1 fully saturated rings. The van der Waals surface area contributed by atoms with Gasteiger partial charge in [0.25, 0.3) is 0 Å². The number of aryl methyl sites for hydroxylation is 1. The molecule has 2 atom stereocenters. The number of ether oxygens (including phenoxy) is 1. The van der Waals surface area contributed by atoms with Crippen LogP contribution in [-0.2, 0) is 17.7 Å². The largest absolute Gasteiger partial charge is 0.444 e. The van der Waals surface area contributed by atoms with Crippen molar-refractivity contribution in [2.24, 2.45) is 0 Å². The summed E-state index contributed by atoms with van der Waals surface area (Å²) in [6.45, 7) is 8.79. The van der Waals surface area contributed by atoms with E-state index in [9.17, 15) is 4.79 Å². The van der Waals surface area contributed by atoms with Crippen LogP contribution in [0.5, 0.6) is 0 Å². The van der Waals surface area contributed by atoms with Gasteiger partial charge in [0.05, 0.1) is 0 Å². The molecule has 4 nitrogen and oxygen atoms in total. The van der Waals surface area contributed by atoms with Crippen LogP contribution in [0.4, 0.5) is 4.79 Å². The number of hydrogen-bond acceptors (Lipinski definition) is 4. The molecule has 22 heavy (non-hydrogen) atoms. The Morgan fingerprint density at radius 1 is 1.36 bits per heavy atom. The zero-order valence-corrected chi connectivity index (χ0v) is 14.9. The number of rotatable bonds is 5. The number of nitrogens with one attached hydrogen (secondary N) is 2. The Kier molecular flexibility index (Phi) is 5.87. The standard InChI is InChI=1S/C17H28N2O2S/c1-5-12-8-9-22-15(12)11-18-13-6-7-14(10-13)19-16(20)21-17(2,3)4/h8-9,13-14,18H,5-7,10-11H2,1-4H3,(H,19,20). The Labute approximate surface area is 137 Å². The van der Waals surface area contributed by atoms with Gasteiger partial charge in [0.15, 0.2) is 0 Å². The highest BCUT2D eigenvalue weighted by Crippen LogP contribution is 2.22. The molecular formula is C17H28N2O2S. The lowest BCUT2D eigenvalue weighted by atomic mass is 10.2.